The Bertz CT molecular complexity index is 240. The third kappa shape index (κ3) is 1.75. The number of hydrogen-bond acceptors (Lipinski definition) is 1. The Morgan fingerprint density at radius 3 is 2.64 bits per heavy atom. The molecule has 1 heteroatoms. The van der Waals surface area contributed by atoms with Gasteiger partial charge >= 0.3 is 0 Å². The highest BCUT2D eigenvalue weighted by molar-refractivity contribution is 5.12. The first-order valence-electron chi connectivity index (χ1n) is 5.71. The van der Waals surface area contributed by atoms with Crippen LogP contribution < -0.4 is 0 Å². The molecule has 3 atom stereocenters. The number of aliphatic hydroxyl groups is 1. The van der Waals surface area contributed by atoms with Crippen molar-refractivity contribution in [1.29, 1.82) is 0 Å². The van der Waals surface area contributed by atoms with E-state index >= 15 is 0 Å². The largest absolute Gasteiger partial charge is 0.390 e. The van der Waals surface area contributed by atoms with E-state index in [2.05, 4.69) is 33.8 Å². The van der Waals surface area contributed by atoms with Crippen molar-refractivity contribution in [2.24, 2.45) is 11.3 Å². The Morgan fingerprint density at radius 2 is 2.21 bits per heavy atom. The Kier molecular flexibility index (Phi) is 3.10. The third-order valence-electron chi connectivity index (χ3n) is 4.51. The van der Waals surface area contributed by atoms with E-state index < -0.39 is 5.60 Å². The molecular weight excluding hydrogens is 172 g/mol. The van der Waals surface area contributed by atoms with E-state index in [1.165, 1.54) is 5.57 Å². The molecule has 0 aromatic carbocycles. The fraction of sp³-hybridized carbons (Fsp3) is 0.846. The van der Waals surface area contributed by atoms with Crippen molar-refractivity contribution < 1.29 is 5.11 Å². The van der Waals surface area contributed by atoms with Crippen LogP contribution >= 0.6 is 0 Å². The fourth-order valence-electron chi connectivity index (χ4n) is 2.53. The molecule has 0 amide bonds. The van der Waals surface area contributed by atoms with Crippen LogP contribution in [0, 0.1) is 11.3 Å². The summed E-state index contributed by atoms with van der Waals surface area (Å²) in [7, 11) is 0. The van der Waals surface area contributed by atoms with Gasteiger partial charge in [-0.1, -0.05) is 32.4 Å². The SMILES string of the molecule is CCC(C)(O)C1(C)CC=C(C)CC1C. The topological polar surface area (TPSA) is 20.2 Å². The van der Waals surface area contributed by atoms with E-state index in [0.29, 0.717) is 5.92 Å². The van der Waals surface area contributed by atoms with Gasteiger partial charge < -0.3 is 5.11 Å². The zero-order valence-corrected chi connectivity index (χ0v) is 10.2. The molecule has 1 rings (SSSR count). The van der Waals surface area contributed by atoms with Crippen LogP contribution in [0.4, 0.5) is 0 Å². The van der Waals surface area contributed by atoms with Crippen LogP contribution in [0.3, 0.4) is 0 Å². The highest BCUT2D eigenvalue weighted by atomic mass is 16.3. The zero-order chi connectivity index (χ0) is 11.0. The summed E-state index contributed by atoms with van der Waals surface area (Å²) < 4.78 is 0. The summed E-state index contributed by atoms with van der Waals surface area (Å²) in [6.45, 7) is 10.7. The highest BCUT2D eigenvalue weighted by Crippen LogP contribution is 2.48. The summed E-state index contributed by atoms with van der Waals surface area (Å²) >= 11 is 0. The van der Waals surface area contributed by atoms with Gasteiger partial charge in [0.1, 0.15) is 0 Å². The number of allylic oxidation sites excluding steroid dienone is 2. The predicted molar refractivity (Wildman–Crippen MR) is 61.2 cm³/mol. The van der Waals surface area contributed by atoms with E-state index in [1.807, 2.05) is 6.92 Å². The van der Waals surface area contributed by atoms with Crippen LogP contribution in [0.5, 0.6) is 0 Å². The van der Waals surface area contributed by atoms with Crippen LogP contribution in [0.15, 0.2) is 11.6 Å². The van der Waals surface area contributed by atoms with E-state index in [-0.39, 0.29) is 5.41 Å². The van der Waals surface area contributed by atoms with Crippen LogP contribution in [-0.2, 0) is 0 Å². The molecule has 3 unspecified atom stereocenters. The van der Waals surface area contributed by atoms with E-state index in [0.717, 1.165) is 19.3 Å². The normalized spacial score (nSPS) is 37.6. The molecule has 14 heavy (non-hydrogen) atoms. The van der Waals surface area contributed by atoms with Gasteiger partial charge in [0.2, 0.25) is 0 Å². The minimum atomic E-state index is -0.538. The zero-order valence-electron chi connectivity index (χ0n) is 10.2. The van der Waals surface area contributed by atoms with Gasteiger partial charge in [0.15, 0.2) is 0 Å². The smallest absolute Gasteiger partial charge is 0.0676 e. The molecule has 0 radical (unpaired) electrons. The lowest BCUT2D eigenvalue weighted by Gasteiger charge is -2.48. The second-order valence-corrected chi connectivity index (χ2v) is 5.40. The summed E-state index contributed by atoms with van der Waals surface area (Å²) in [5.74, 6) is 0.572. The van der Waals surface area contributed by atoms with Gasteiger partial charge in [0.25, 0.3) is 0 Å². The first kappa shape index (κ1) is 11.8. The number of hydrogen-bond donors (Lipinski definition) is 1. The van der Waals surface area contributed by atoms with Gasteiger partial charge in [0, 0.05) is 5.41 Å². The molecule has 0 spiro atoms. The molecule has 0 saturated heterocycles. The second kappa shape index (κ2) is 3.69. The maximum Gasteiger partial charge on any atom is 0.0676 e. The molecule has 0 bridgehead atoms. The van der Waals surface area contributed by atoms with E-state index in [9.17, 15) is 5.11 Å². The molecule has 0 aromatic rings. The highest BCUT2D eigenvalue weighted by Gasteiger charge is 2.46. The fourth-order valence-corrected chi connectivity index (χ4v) is 2.53. The van der Waals surface area contributed by atoms with Crippen LogP contribution in [-0.4, -0.2) is 10.7 Å². The Balaban J connectivity index is 2.95. The molecule has 0 heterocycles. The average molecular weight is 196 g/mol. The van der Waals surface area contributed by atoms with Gasteiger partial charge in [-0.15, -0.1) is 0 Å². The third-order valence-corrected chi connectivity index (χ3v) is 4.51. The summed E-state index contributed by atoms with van der Waals surface area (Å²) in [5.41, 5.74) is 0.979. The molecule has 0 saturated carbocycles. The van der Waals surface area contributed by atoms with Crippen LogP contribution in [0.2, 0.25) is 0 Å². The molecule has 1 aliphatic rings. The second-order valence-electron chi connectivity index (χ2n) is 5.40. The van der Waals surface area contributed by atoms with Crippen LogP contribution in [0.1, 0.15) is 53.9 Å². The maximum atomic E-state index is 10.4. The maximum absolute atomic E-state index is 10.4. The molecule has 1 N–H and O–H groups in total. The van der Waals surface area contributed by atoms with Crippen molar-refractivity contribution in [3.05, 3.63) is 11.6 Å². The van der Waals surface area contributed by atoms with Crippen molar-refractivity contribution >= 4 is 0 Å². The monoisotopic (exact) mass is 196 g/mol. The quantitative estimate of drug-likeness (QED) is 0.670. The Morgan fingerprint density at radius 1 is 1.64 bits per heavy atom. The molecule has 0 fully saturated rings. The summed E-state index contributed by atoms with van der Waals surface area (Å²) in [6.07, 6.45) is 5.28. The van der Waals surface area contributed by atoms with Gasteiger partial charge in [-0.05, 0) is 39.0 Å². The lowest BCUT2D eigenvalue weighted by Crippen LogP contribution is -2.48. The van der Waals surface area contributed by atoms with Gasteiger partial charge in [-0.2, -0.15) is 0 Å². The Hall–Kier alpha value is -0.300. The van der Waals surface area contributed by atoms with Crippen LogP contribution in [0.25, 0.3) is 0 Å². The first-order chi connectivity index (χ1) is 6.33. The molecule has 1 aliphatic carbocycles. The van der Waals surface area contributed by atoms with Gasteiger partial charge in [0.05, 0.1) is 5.60 Å². The van der Waals surface area contributed by atoms with Crippen molar-refractivity contribution in [3.8, 4) is 0 Å². The predicted octanol–water partition coefficient (Wildman–Crippen LogP) is 3.53. The molecular formula is C13H24O. The standard InChI is InChI=1S/C13H24O/c1-6-13(5,14)12(4)8-7-10(2)9-11(12)3/h7,11,14H,6,8-9H2,1-5H3. The van der Waals surface area contributed by atoms with E-state index in [4.69, 9.17) is 0 Å². The van der Waals surface area contributed by atoms with E-state index in [1.54, 1.807) is 0 Å². The molecule has 82 valence electrons. The van der Waals surface area contributed by atoms with Crippen molar-refractivity contribution in [3.63, 3.8) is 0 Å². The molecule has 0 aromatic heterocycles. The van der Waals surface area contributed by atoms with Gasteiger partial charge in [-0.25, -0.2) is 0 Å². The van der Waals surface area contributed by atoms with Crippen molar-refractivity contribution in [2.45, 2.75) is 59.5 Å². The minimum Gasteiger partial charge on any atom is -0.390 e. The molecule has 0 aliphatic heterocycles. The summed E-state index contributed by atoms with van der Waals surface area (Å²) in [6, 6.07) is 0. The lowest BCUT2D eigenvalue weighted by molar-refractivity contribution is -0.0941. The summed E-state index contributed by atoms with van der Waals surface area (Å²) in [4.78, 5) is 0. The Labute approximate surface area is 88.2 Å². The first-order valence-corrected chi connectivity index (χ1v) is 5.71. The lowest BCUT2D eigenvalue weighted by atomic mass is 9.60. The summed E-state index contributed by atoms with van der Waals surface area (Å²) in [5, 5.41) is 10.4. The number of rotatable bonds is 2. The van der Waals surface area contributed by atoms with Crippen molar-refractivity contribution in [1.82, 2.24) is 0 Å². The minimum absolute atomic E-state index is 0.0429. The van der Waals surface area contributed by atoms with Crippen molar-refractivity contribution in [2.75, 3.05) is 0 Å². The van der Waals surface area contributed by atoms with Gasteiger partial charge in [-0.3, -0.25) is 0 Å². The molecule has 1 nitrogen and oxygen atoms in total. The average Bonchev–Trinajstić information content (AvgIpc) is 2.12.